The molecule has 172 valence electrons. The lowest BCUT2D eigenvalue weighted by molar-refractivity contribution is 0.0906. The first-order valence-electron chi connectivity index (χ1n) is 11.5. The number of benzene rings is 2. The van der Waals surface area contributed by atoms with Crippen molar-refractivity contribution in [3.63, 3.8) is 0 Å². The molecule has 2 bridgehead atoms. The summed E-state index contributed by atoms with van der Waals surface area (Å²) in [5.74, 6) is 0.696. The van der Waals surface area contributed by atoms with Crippen LogP contribution in [0.5, 0.6) is 5.75 Å². The Balaban J connectivity index is 1.40. The minimum Gasteiger partial charge on any atom is -0.494 e. The van der Waals surface area contributed by atoms with Crippen molar-refractivity contribution in [3.8, 4) is 28.5 Å². The molecule has 2 saturated heterocycles. The number of hydrogen-bond acceptors (Lipinski definition) is 6. The van der Waals surface area contributed by atoms with E-state index in [0.717, 1.165) is 43.1 Å². The van der Waals surface area contributed by atoms with Gasteiger partial charge < -0.3 is 14.4 Å². The van der Waals surface area contributed by atoms with Crippen LogP contribution in [0.25, 0.3) is 22.8 Å². The van der Waals surface area contributed by atoms with E-state index in [9.17, 15) is 4.79 Å². The van der Waals surface area contributed by atoms with Crippen LogP contribution in [0.4, 0.5) is 5.69 Å². The first-order valence-corrected chi connectivity index (χ1v) is 11.5. The third kappa shape index (κ3) is 3.47. The van der Waals surface area contributed by atoms with E-state index in [4.69, 9.17) is 14.6 Å². The second kappa shape index (κ2) is 8.46. The van der Waals surface area contributed by atoms with Gasteiger partial charge in [0.2, 0.25) is 5.43 Å². The molecular formula is C26H25N5O3. The third-order valence-electron chi connectivity index (χ3n) is 6.64. The minimum absolute atomic E-state index is 0.172. The number of aromatic nitrogens is 4. The number of fused-ring (bicyclic) bond motifs is 2. The monoisotopic (exact) mass is 455 g/mol. The normalized spacial score (nSPS) is 19.4. The van der Waals surface area contributed by atoms with Gasteiger partial charge in [-0.2, -0.15) is 10.2 Å². The predicted molar refractivity (Wildman–Crippen MR) is 129 cm³/mol. The Morgan fingerprint density at radius 1 is 0.971 bits per heavy atom. The Kier molecular flexibility index (Phi) is 5.15. The van der Waals surface area contributed by atoms with Crippen LogP contribution in [0.2, 0.25) is 0 Å². The van der Waals surface area contributed by atoms with Crippen LogP contribution in [0.1, 0.15) is 12.8 Å². The van der Waals surface area contributed by atoms with Crippen LogP contribution < -0.4 is 15.1 Å². The quantitative estimate of drug-likeness (QED) is 0.459. The van der Waals surface area contributed by atoms with E-state index >= 15 is 0 Å². The molecule has 4 aromatic rings. The van der Waals surface area contributed by atoms with Crippen LogP contribution in [-0.4, -0.2) is 52.0 Å². The van der Waals surface area contributed by atoms with Gasteiger partial charge in [0.25, 0.3) is 0 Å². The molecule has 8 nitrogen and oxygen atoms in total. The van der Waals surface area contributed by atoms with Gasteiger partial charge in [-0.05, 0) is 43.2 Å². The van der Waals surface area contributed by atoms with Crippen LogP contribution in [0, 0.1) is 0 Å². The Labute approximate surface area is 197 Å². The topological polar surface area (TPSA) is 74.4 Å². The van der Waals surface area contributed by atoms with Crippen LogP contribution >= 0.6 is 0 Å². The number of methoxy groups -OCH3 is 1. The minimum atomic E-state index is -0.172. The molecule has 0 aliphatic carbocycles. The van der Waals surface area contributed by atoms with Crippen LogP contribution in [-0.2, 0) is 4.74 Å². The second-order valence-electron chi connectivity index (χ2n) is 8.62. The molecule has 6 rings (SSSR count). The molecule has 2 aromatic heterocycles. The van der Waals surface area contributed by atoms with Gasteiger partial charge in [-0.15, -0.1) is 0 Å². The molecule has 0 saturated carbocycles. The Bertz CT molecular complexity index is 1360. The number of hydrogen-bond donors (Lipinski definition) is 0. The fourth-order valence-corrected chi connectivity index (χ4v) is 5.04. The van der Waals surface area contributed by atoms with Gasteiger partial charge in [-0.25, -0.2) is 9.36 Å². The predicted octanol–water partition coefficient (Wildman–Crippen LogP) is 3.46. The highest BCUT2D eigenvalue weighted by Crippen LogP contribution is 2.37. The summed E-state index contributed by atoms with van der Waals surface area (Å²) in [4.78, 5) is 15.3. The fourth-order valence-electron chi connectivity index (χ4n) is 5.04. The van der Waals surface area contributed by atoms with E-state index in [1.807, 2.05) is 36.4 Å². The Morgan fingerprint density at radius 3 is 2.53 bits per heavy atom. The molecule has 0 spiro atoms. The zero-order valence-electron chi connectivity index (χ0n) is 18.9. The highest BCUT2D eigenvalue weighted by molar-refractivity contribution is 5.62. The van der Waals surface area contributed by atoms with Crippen molar-refractivity contribution in [2.45, 2.75) is 24.9 Å². The maximum Gasteiger partial charge on any atom is 0.209 e. The van der Waals surface area contributed by atoms with E-state index < -0.39 is 0 Å². The number of para-hydroxylation sites is 1. The zero-order chi connectivity index (χ0) is 23.1. The molecule has 2 fully saturated rings. The Hall–Kier alpha value is -3.91. The summed E-state index contributed by atoms with van der Waals surface area (Å²) in [6.07, 6.45) is 5.64. The lowest BCUT2D eigenvalue weighted by Crippen LogP contribution is -2.45. The molecule has 2 atom stereocenters. The number of anilines is 1. The highest BCUT2D eigenvalue weighted by Gasteiger charge is 2.37. The summed E-state index contributed by atoms with van der Waals surface area (Å²) in [6, 6.07) is 20.0. The third-order valence-corrected chi connectivity index (χ3v) is 6.64. The summed E-state index contributed by atoms with van der Waals surface area (Å²) in [7, 11) is 1.66. The summed E-state index contributed by atoms with van der Waals surface area (Å²) in [6.45, 7) is 1.53. The summed E-state index contributed by atoms with van der Waals surface area (Å²) in [5, 5.41) is 9.11. The van der Waals surface area contributed by atoms with Crippen LogP contribution in [0.3, 0.4) is 0 Å². The number of ether oxygens (including phenoxy) is 2. The van der Waals surface area contributed by atoms with Gasteiger partial charge in [0, 0.05) is 24.0 Å². The SMILES string of the molecule is COc1cc(N2C3CCC2COC3)ccc1-n1ccc(=O)c(-c2ccnn2-c2ccccc2)n1. The smallest absolute Gasteiger partial charge is 0.209 e. The van der Waals surface area contributed by atoms with Gasteiger partial charge in [-0.3, -0.25) is 4.79 Å². The zero-order valence-corrected chi connectivity index (χ0v) is 18.9. The number of nitrogens with zero attached hydrogens (tertiary/aromatic N) is 5. The largest absolute Gasteiger partial charge is 0.494 e. The van der Waals surface area contributed by atoms with Crippen molar-refractivity contribution in [3.05, 3.63) is 83.3 Å². The van der Waals surface area contributed by atoms with Gasteiger partial charge in [-0.1, -0.05) is 18.2 Å². The average Bonchev–Trinajstić information content (AvgIpc) is 3.46. The lowest BCUT2D eigenvalue weighted by Gasteiger charge is -2.36. The first-order chi connectivity index (χ1) is 16.7. The van der Waals surface area contributed by atoms with Gasteiger partial charge >= 0.3 is 0 Å². The van der Waals surface area contributed by atoms with Crippen molar-refractivity contribution < 1.29 is 9.47 Å². The van der Waals surface area contributed by atoms with E-state index in [1.54, 1.807) is 34.9 Å². The van der Waals surface area contributed by atoms with Crippen molar-refractivity contribution in [1.29, 1.82) is 0 Å². The molecule has 2 aliphatic heterocycles. The Morgan fingerprint density at radius 2 is 1.76 bits per heavy atom. The standard InChI is InChI=1S/C26H25N5O3/c1-33-25-15-19(30-20-7-8-21(30)17-34-16-20)9-10-22(25)29-14-12-24(32)26(28-29)23-11-13-27-31(23)18-5-3-2-4-6-18/h2-6,9-15,20-21H,7-8,16-17H2,1H3. The summed E-state index contributed by atoms with van der Waals surface area (Å²) in [5.41, 5.74) is 3.53. The maximum absolute atomic E-state index is 12.8. The molecule has 0 radical (unpaired) electrons. The van der Waals surface area contributed by atoms with E-state index in [2.05, 4.69) is 22.1 Å². The van der Waals surface area contributed by atoms with Crippen molar-refractivity contribution >= 4 is 5.69 Å². The molecule has 2 aliphatic rings. The van der Waals surface area contributed by atoms with Crippen molar-refractivity contribution in [2.24, 2.45) is 0 Å². The molecule has 0 amide bonds. The first kappa shape index (κ1) is 20.7. The number of morpholine rings is 1. The molecule has 2 unspecified atom stereocenters. The van der Waals surface area contributed by atoms with E-state index in [0.29, 0.717) is 29.2 Å². The van der Waals surface area contributed by atoms with E-state index in [-0.39, 0.29) is 5.43 Å². The van der Waals surface area contributed by atoms with Crippen molar-refractivity contribution in [1.82, 2.24) is 19.6 Å². The number of rotatable bonds is 5. The van der Waals surface area contributed by atoms with Gasteiger partial charge in [0.1, 0.15) is 11.4 Å². The average molecular weight is 456 g/mol. The molecule has 2 aromatic carbocycles. The molecule has 34 heavy (non-hydrogen) atoms. The molecule has 4 heterocycles. The highest BCUT2D eigenvalue weighted by atomic mass is 16.5. The maximum atomic E-state index is 12.8. The van der Waals surface area contributed by atoms with E-state index in [1.165, 1.54) is 6.07 Å². The molecule has 0 N–H and O–H groups in total. The van der Waals surface area contributed by atoms with Crippen LogP contribution in [0.15, 0.2) is 77.9 Å². The second-order valence-corrected chi connectivity index (χ2v) is 8.62. The van der Waals surface area contributed by atoms with Crippen molar-refractivity contribution in [2.75, 3.05) is 25.2 Å². The summed E-state index contributed by atoms with van der Waals surface area (Å²) < 4.78 is 14.9. The van der Waals surface area contributed by atoms with Gasteiger partial charge in [0.05, 0.1) is 50.0 Å². The van der Waals surface area contributed by atoms with Gasteiger partial charge in [0.15, 0.2) is 5.69 Å². The fraction of sp³-hybridized carbons (Fsp3) is 0.269. The lowest BCUT2D eigenvalue weighted by atomic mass is 10.2. The summed E-state index contributed by atoms with van der Waals surface area (Å²) >= 11 is 0. The molecular weight excluding hydrogens is 430 g/mol. The molecule has 8 heteroatoms.